The van der Waals surface area contributed by atoms with Gasteiger partial charge in [-0.2, -0.15) is 0 Å². The van der Waals surface area contributed by atoms with Gasteiger partial charge in [0.25, 0.3) is 5.91 Å². The van der Waals surface area contributed by atoms with Crippen LogP contribution in [0.15, 0.2) is 65.8 Å². The summed E-state index contributed by atoms with van der Waals surface area (Å²) in [6.45, 7) is 4.65. The van der Waals surface area contributed by atoms with Crippen LogP contribution in [-0.2, 0) is 23.1 Å². The average molecular weight is 440 g/mol. The van der Waals surface area contributed by atoms with Crippen LogP contribution in [0, 0.1) is 13.8 Å². The molecule has 0 unspecified atom stereocenters. The SMILES string of the molecule is Cc1cc(C(=O)NCCc2ccc(S(N)(=O)=O)cc2)cc(C)c1OCc1cccnc1. The third-order valence-corrected chi connectivity index (χ3v) is 5.71. The largest absolute Gasteiger partial charge is 0.488 e. The second kappa shape index (κ2) is 9.72. The minimum atomic E-state index is -3.70. The second-order valence-electron chi connectivity index (χ2n) is 7.28. The Morgan fingerprint density at radius 2 is 1.74 bits per heavy atom. The Bertz CT molecular complexity index is 1140. The van der Waals surface area contributed by atoms with E-state index >= 15 is 0 Å². The van der Waals surface area contributed by atoms with Crippen LogP contribution < -0.4 is 15.2 Å². The zero-order valence-electron chi connectivity index (χ0n) is 17.5. The Labute approximate surface area is 182 Å². The maximum atomic E-state index is 12.6. The number of rotatable bonds is 8. The Morgan fingerprint density at radius 3 is 2.32 bits per heavy atom. The highest BCUT2D eigenvalue weighted by Gasteiger charge is 2.12. The number of nitrogens with zero attached hydrogens (tertiary/aromatic N) is 1. The maximum absolute atomic E-state index is 12.6. The van der Waals surface area contributed by atoms with Crippen LogP contribution in [0.2, 0.25) is 0 Å². The van der Waals surface area contributed by atoms with Crippen molar-refractivity contribution in [2.24, 2.45) is 5.14 Å². The Kier molecular flexibility index (Phi) is 7.04. The molecule has 7 nitrogen and oxygen atoms in total. The van der Waals surface area contributed by atoms with Gasteiger partial charge in [-0.1, -0.05) is 18.2 Å². The van der Waals surface area contributed by atoms with Crippen molar-refractivity contribution >= 4 is 15.9 Å². The molecule has 31 heavy (non-hydrogen) atoms. The zero-order chi connectivity index (χ0) is 22.4. The van der Waals surface area contributed by atoms with Crippen LogP contribution in [-0.4, -0.2) is 25.9 Å². The van der Waals surface area contributed by atoms with Gasteiger partial charge >= 0.3 is 0 Å². The van der Waals surface area contributed by atoms with Crippen LogP contribution in [0.3, 0.4) is 0 Å². The van der Waals surface area contributed by atoms with Crippen molar-refractivity contribution in [1.29, 1.82) is 0 Å². The molecule has 2 aromatic carbocycles. The molecule has 3 N–H and O–H groups in total. The monoisotopic (exact) mass is 439 g/mol. The number of amides is 1. The molecule has 0 bridgehead atoms. The molecule has 0 saturated carbocycles. The van der Waals surface area contributed by atoms with Gasteiger partial charge in [0.1, 0.15) is 12.4 Å². The summed E-state index contributed by atoms with van der Waals surface area (Å²) in [6, 6.07) is 13.7. The topological polar surface area (TPSA) is 111 Å². The molecule has 0 spiro atoms. The van der Waals surface area contributed by atoms with Gasteiger partial charge in [-0.15, -0.1) is 0 Å². The molecule has 8 heteroatoms. The van der Waals surface area contributed by atoms with E-state index < -0.39 is 10.0 Å². The van der Waals surface area contributed by atoms with Gasteiger partial charge in [0, 0.05) is 30.1 Å². The lowest BCUT2D eigenvalue weighted by Gasteiger charge is -2.14. The summed E-state index contributed by atoms with van der Waals surface area (Å²) in [5.41, 5.74) is 4.20. The summed E-state index contributed by atoms with van der Waals surface area (Å²) in [5.74, 6) is 0.585. The lowest BCUT2D eigenvalue weighted by atomic mass is 10.0. The Morgan fingerprint density at radius 1 is 1.06 bits per heavy atom. The lowest BCUT2D eigenvalue weighted by molar-refractivity contribution is 0.0954. The van der Waals surface area contributed by atoms with Crippen LogP contribution in [0.25, 0.3) is 0 Å². The van der Waals surface area contributed by atoms with Gasteiger partial charge in [-0.3, -0.25) is 9.78 Å². The van der Waals surface area contributed by atoms with Gasteiger partial charge in [0.05, 0.1) is 4.90 Å². The first-order chi connectivity index (χ1) is 14.7. The number of sulfonamides is 1. The molecule has 0 aliphatic carbocycles. The predicted molar refractivity (Wildman–Crippen MR) is 118 cm³/mol. The number of ether oxygens (including phenoxy) is 1. The fourth-order valence-electron chi connectivity index (χ4n) is 3.22. The summed E-state index contributed by atoms with van der Waals surface area (Å²) in [7, 11) is -3.70. The number of aryl methyl sites for hydroxylation is 2. The molecule has 1 heterocycles. The van der Waals surface area contributed by atoms with E-state index in [1.54, 1.807) is 24.5 Å². The minimum absolute atomic E-state index is 0.0667. The van der Waals surface area contributed by atoms with Gasteiger partial charge in [-0.25, -0.2) is 13.6 Å². The molecule has 3 aromatic rings. The van der Waals surface area contributed by atoms with Gasteiger partial charge < -0.3 is 10.1 Å². The summed E-state index contributed by atoms with van der Waals surface area (Å²) in [5, 5.41) is 7.99. The van der Waals surface area contributed by atoms with Crippen LogP contribution in [0.4, 0.5) is 0 Å². The first kappa shape index (κ1) is 22.5. The predicted octanol–water partition coefficient (Wildman–Crippen LogP) is 2.90. The van der Waals surface area contributed by atoms with Crippen LogP contribution >= 0.6 is 0 Å². The molecule has 1 aromatic heterocycles. The van der Waals surface area contributed by atoms with E-state index in [2.05, 4.69) is 10.3 Å². The van der Waals surface area contributed by atoms with Crippen molar-refractivity contribution in [1.82, 2.24) is 10.3 Å². The van der Waals surface area contributed by atoms with E-state index in [0.717, 1.165) is 28.0 Å². The summed E-state index contributed by atoms with van der Waals surface area (Å²) in [6.07, 6.45) is 4.04. The van der Waals surface area contributed by atoms with Gasteiger partial charge in [-0.05, 0) is 67.3 Å². The highest BCUT2D eigenvalue weighted by molar-refractivity contribution is 7.89. The number of aromatic nitrogens is 1. The van der Waals surface area contributed by atoms with E-state index in [0.29, 0.717) is 25.1 Å². The van der Waals surface area contributed by atoms with E-state index in [9.17, 15) is 13.2 Å². The van der Waals surface area contributed by atoms with E-state index in [1.807, 2.05) is 38.1 Å². The van der Waals surface area contributed by atoms with Crippen molar-refractivity contribution < 1.29 is 17.9 Å². The highest BCUT2D eigenvalue weighted by atomic mass is 32.2. The molecule has 0 radical (unpaired) electrons. The number of carbonyl (C=O) groups excluding carboxylic acids is 1. The van der Waals surface area contributed by atoms with Crippen LogP contribution in [0.5, 0.6) is 5.75 Å². The third kappa shape index (κ3) is 6.13. The molecule has 0 saturated heterocycles. The molecule has 162 valence electrons. The molecule has 1 amide bonds. The fraction of sp³-hybridized carbons (Fsp3) is 0.217. The van der Waals surface area contributed by atoms with E-state index in [4.69, 9.17) is 9.88 Å². The fourth-order valence-corrected chi connectivity index (χ4v) is 3.73. The van der Waals surface area contributed by atoms with Crippen molar-refractivity contribution in [3.05, 3.63) is 88.7 Å². The number of nitrogens with one attached hydrogen (secondary N) is 1. The molecule has 0 aliphatic heterocycles. The average Bonchev–Trinajstić information content (AvgIpc) is 2.73. The normalized spacial score (nSPS) is 11.2. The molecule has 3 rings (SSSR count). The number of hydrogen-bond acceptors (Lipinski definition) is 5. The molecular formula is C23H25N3O4S. The molecular weight excluding hydrogens is 414 g/mol. The van der Waals surface area contributed by atoms with Crippen molar-refractivity contribution in [2.75, 3.05) is 6.54 Å². The first-order valence-electron chi connectivity index (χ1n) is 9.77. The summed E-state index contributed by atoms with van der Waals surface area (Å²) in [4.78, 5) is 16.7. The molecule has 0 atom stereocenters. The number of primary sulfonamides is 1. The van der Waals surface area contributed by atoms with E-state index in [1.165, 1.54) is 12.1 Å². The van der Waals surface area contributed by atoms with Crippen LogP contribution in [0.1, 0.15) is 32.6 Å². The maximum Gasteiger partial charge on any atom is 0.251 e. The van der Waals surface area contributed by atoms with Crippen molar-refractivity contribution in [3.63, 3.8) is 0 Å². The number of pyridine rings is 1. The number of hydrogen-bond donors (Lipinski definition) is 2. The van der Waals surface area contributed by atoms with Crippen molar-refractivity contribution in [3.8, 4) is 5.75 Å². The Hall–Kier alpha value is -3.23. The quantitative estimate of drug-likeness (QED) is 0.561. The van der Waals surface area contributed by atoms with Crippen molar-refractivity contribution in [2.45, 2.75) is 31.8 Å². The minimum Gasteiger partial charge on any atom is -0.488 e. The Balaban J connectivity index is 1.57. The third-order valence-electron chi connectivity index (χ3n) is 4.78. The summed E-state index contributed by atoms with van der Waals surface area (Å²) >= 11 is 0. The smallest absolute Gasteiger partial charge is 0.251 e. The summed E-state index contributed by atoms with van der Waals surface area (Å²) < 4.78 is 28.5. The highest BCUT2D eigenvalue weighted by Crippen LogP contribution is 2.25. The zero-order valence-corrected chi connectivity index (χ0v) is 18.3. The number of carbonyl (C=O) groups is 1. The first-order valence-corrected chi connectivity index (χ1v) is 11.3. The number of benzene rings is 2. The second-order valence-corrected chi connectivity index (χ2v) is 8.85. The number of nitrogens with two attached hydrogens (primary N) is 1. The molecule has 0 fully saturated rings. The standard InChI is InChI=1S/C23H25N3O4S/c1-16-12-20(13-17(2)22(16)30-15-19-4-3-10-25-14-19)23(27)26-11-9-18-5-7-21(8-6-18)31(24,28)29/h3-8,10,12-14H,9,11,15H2,1-2H3,(H,26,27)(H2,24,28,29). The lowest BCUT2D eigenvalue weighted by Crippen LogP contribution is -2.26. The van der Waals surface area contributed by atoms with Gasteiger partial charge in [0.15, 0.2) is 0 Å². The molecule has 0 aliphatic rings. The van der Waals surface area contributed by atoms with Gasteiger partial charge in [0.2, 0.25) is 10.0 Å². The van der Waals surface area contributed by atoms with E-state index in [-0.39, 0.29) is 10.8 Å².